The van der Waals surface area contributed by atoms with Gasteiger partial charge in [0, 0.05) is 37.4 Å². The van der Waals surface area contributed by atoms with Crippen molar-refractivity contribution < 1.29 is 4.79 Å². The lowest BCUT2D eigenvalue weighted by Gasteiger charge is -2.34. The van der Waals surface area contributed by atoms with E-state index in [0.29, 0.717) is 23.7 Å². The molecule has 1 fully saturated rings. The van der Waals surface area contributed by atoms with Crippen LogP contribution in [0.3, 0.4) is 0 Å². The van der Waals surface area contributed by atoms with Crippen molar-refractivity contribution in [2.75, 3.05) is 31.1 Å². The van der Waals surface area contributed by atoms with Crippen LogP contribution >= 0.6 is 22.9 Å². The van der Waals surface area contributed by atoms with Crippen molar-refractivity contribution in [2.45, 2.75) is 6.92 Å². The summed E-state index contributed by atoms with van der Waals surface area (Å²) >= 11 is 7.69. The second-order valence-electron chi connectivity index (χ2n) is 7.14. The first-order chi connectivity index (χ1) is 14.6. The quantitative estimate of drug-likeness (QED) is 0.486. The van der Waals surface area contributed by atoms with Crippen molar-refractivity contribution in [2.24, 2.45) is 0 Å². The first-order valence-electron chi connectivity index (χ1n) is 9.66. The zero-order valence-electron chi connectivity index (χ0n) is 16.3. The van der Waals surface area contributed by atoms with E-state index in [9.17, 15) is 4.79 Å². The number of anilines is 1. The maximum atomic E-state index is 13.1. The molecule has 3 aromatic heterocycles. The largest absolute Gasteiger partial charge is 0.344 e. The van der Waals surface area contributed by atoms with Gasteiger partial charge in [0.1, 0.15) is 10.3 Å². The van der Waals surface area contributed by atoms with Gasteiger partial charge in [-0.05, 0) is 37.3 Å². The van der Waals surface area contributed by atoms with Crippen molar-refractivity contribution in [1.29, 1.82) is 0 Å². The predicted molar refractivity (Wildman–Crippen MR) is 119 cm³/mol. The number of thiazole rings is 1. The summed E-state index contributed by atoms with van der Waals surface area (Å²) in [6, 6.07) is 11.3. The third-order valence-electron chi connectivity index (χ3n) is 5.29. The molecule has 5 rings (SSSR count). The van der Waals surface area contributed by atoms with E-state index in [1.807, 2.05) is 48.2 Å². The number of hydrogen-bond donors (Lipinski definition) is 0. The number of fused-ring (bicyclic) bond motifs is 1. The van der Waals surface area contributed by atoms with E-state index in [2.05, 4.69) is 20.0 Å². The predicted octanol–water partition coefficient (Wildman–Crippen LogP) is 3.80. The van der Waals surface area contributed by atoms with Gasteiger partial charge in [-0.1, -0.05) is 29.0 Å². The van der Waals surface area contributed by atoms with Gasteiger partial charge >= 0.3 is 0 Å². The van der Waals surface area contributed by atoms with E-state index in [-0.39, 0.29) is 5.91 Å². The molecular weight excluding hydrogens is 420 g/mol. The summed E-state index contributed by atoms with van der Waals surface area (Å²) in [5.74, 6) is 0.00592. The second-order valence-corrected chi connectivity index (χ2v) is 8.53. The molecule has 0 atom stereocenters. The number of nitrogens with zero attached hydrogens (tertiary/aromatic N) is 6. The first-order valence-corrected chi connectivity index (χ1v) is 10.9. The molecule has 0 N–H and O–H groups in total. The summed E-state index contributed by atoms with van der Waals surface area (Å²) in [5, 5.41) is 6.01. The highest BCUT2D eigenvalue weighted by atomic mass is 35.5. The molecule has 1 saturated heterocycles. The Bertz CT molecular complexity index is 1190. The van der Waals surface area contributed by atoms with Crippen LogP contribution in [0.25, 0.3) is 16.0 Å². The van der Waals surface area contributed by atoms with Crippen molar-refractivity contribution in [3.05, 3.63) is 65.1 Å². The molecule has 1 aliphatic rings. The van der Waals surface area contributed by atoms with Crippen molar-refractivity contribution in [1.82, 2.24) is 24.6 Å². The van der Waals surface area contributed by atoms with E-state index in [4.69, 9.17) is 11.6 Å². The number of aromatic nitrogens is 4. The van der Waals surface area contributed by atoms with Crippen LogP contribution in [-0.2, 0) is 0 Å². The highest BCUT2D eigenvalue weighted by molar-refractivity contribution is 7.21. The van der Waals surface area contributed by atoms with Crippen molar-refractivity contribution in [3.63, 3.8) is 0 Å². The number of piperazine rings is 1. The first kappa shape index (κ1) is 19.0. The number of benzene rings is 1. The Hall–Kier alpha value is -2.97. The Morgan fingerprint density at radius 2 is 1.97 bits per heavy atom. The monoisotopic (exact) mass is 438 g/mol. The van der Waals surface area contributed by atoms with Crippen LogP contribution in [0.5, 0.6) is 0 Å². The number of amides is 1. The fourth-order valence-electron chi connectivity index (χ4n) is 3.65. The number of carbonyl (C=O) groups is 1. The number of rotatable bonds is 3. The van der Waals surface area contributed by atoms with Gasteiger partial charge in [0.15, 0.2) is 5.13 Å². The lowest BCUT2D eigenvalue weighted by Crippen LogP contribution is -2.48. The molecule has 152 valence electrons. The molecule has 0 spiro atoms. The zero-order chi connectivity index (χ0) is 20.7. The van der Waals surface area contributed by atoms with E-state index in [1.54, 1.807) is 28.4 Å². The van der Waals surface area contributed by atoms with Crippen LogP contribution in [0.2, 0.25) is 5.02 Å². The van der Waals surface area contributed by atoms with Crippen LogP contribution in [0.4, 0.5) is 5.13 Å². The maximum Gasteiger partial charge on any atom is 0.257 e. The molecule has 0 radical (unpaired) electrons. The molecule has 1 aliphatic heterocycles. The maximum absolute atomic E-state index is 13.1. The molecule has 0 saturated carbocycles. The molecule has 1 aromatic carbocycles. The van der Waals surface area contributed by atoms with Gasteiger partial charge in [-0.25, -0.2) is 14.6 Å². The third kappa shape index (κ3) is 3.42. The average Bonchev–Trinajstić information content (AvgIpc) is 3.37. The Labute approximate surface area is 182 Å². The topological polar surface area (TPSA) is 67.2 Å². The van der Waals surface area contributed by atoms with Gasteiger partial charge in [0.05, 0.1) is 23.1 Å². The Balaban J connectivity index is 1.30. The highest BCUT2D eigenvalue weighted by Crippen LogP contribution is 2.28. The van der Waals surface area contributed by atoms with Gasteiger partial charge in [0.2, 0.25) is 0 Å². The van der Waals surface area contributed by atoms with Crippen LogP contribution < -0.4 is 4.90 Å². The molecular formula is C21H19ClN6OS. The Morgan fingerprint density at radius 1 is 1.13 bits per heavy atom. The van der Waals surface area contributed by atoms with Gasteiger partial charge in [0.25, 0.3) is 5.91 Å². The third-order valence-corrected chi connectivity index (χ3v) is 6.56. The lowest BCUT2D eigenvalue weighted by molar-refractivity contribution is 0.0746. The van der Waals surface area contributed by atoms with Gasteiger partial charge in [-0.2, -0.15) is 5.10 Å². The standard InChI is InChI=1S/C21H19ClN6OS/c1-14-17(13-24-28(14)16-5-2-4-15(22)12-16)20(29)26-8-10-27(11-9-26)21-25-18-6-3-7-23-19(18)30-21/h2-7,12-13H,8-11H2,1H3. The minimum Gasteiger partial charge on any atom is -0.344 e. The molecule has 4 heterocycles. The van der Waals surface area contributed by atoms with Crippen molar-refractivity contribution >= 4 is 44.3 Å². The molecule has 30 heavy (non-hydrogen) atoms. The lowest BCUT2D eigenvalue weighted by atomic mass is 10.2. The minimum absolute atomic E-state index is 0.00592. The van der Waals surface area contributed by atoms with Crippen molar-refractivity contribution in [3.8, 4) is 5.69 Å². The number of halogens is 1. The molecule has 9 heteroatoms. The summed E-state index contributed by atoms with van der Waals surface area (Å²) in [6.07, 6.45) is 3.43. The molecule has 7 nitrogen and oxygen atoms in total. The second kappa shape index (κ2) is 7.70. The molecule has 0 unspecified atom stereocenters. The molecule has 0 aliphatic carbocycles. The summed E-state index contributed by atoms with van der Waals surface area (Å²) < 4.78 is 1.75. The minimum atomic E-state index is 0.00592. The molecule has 0 bridgehead atoms. The van der Waals surface area contributed by atoms with Crippen LogP contribution in [0.1, 0.15) is 16.1 Å². The summed E-state index contributed by atoms with van der Waals surface area (Å²) in [5.41, 5.74) is 3.18. The fourth-order valence-corrected chi connectivity index (χ4v) is 4.80. The average molecular weight is 439 g/mol. The summed E-state index contributed by atoms with van der Waals surface area (Å²) in [4.78, 5) is 27.2. The van der Waals surface area contributed by atoms with E-state index in [1.165, 1.54) is 0 Å². The van der Waals surface area contributed by atoms with Gasteiger partial charge in [-0.3, -0.25) is 4.79 Å². The smallest absolute Gasteiger partial charge is 0.257 e. The Morgan fingerprint density at radius 3 is 2.73 bits per heavy atom. The number of carbonyl (C=O) groups excluding carboxylic acids is 1. The van der Waals surface area contributed by atoms with Gasteiger partial charge < -0.3 is 9.80 Å². The van der Waals surface area contributed by atoms with Crippen LogP contribution in [-0.4, -0.2) is 56.7 Å². The van der Waals surface area contributed by atoms with E-state index < -0.39 is 0 Å². The van der Waals surface area contributed by atoms with Gasteiger partial charge in [-0.15, -0.1) is 0 Å². The van der Waals surface area contributed by atoms with Crippen LogP contribution in [0, 0.1) is 6.92 Å². The Kier molecular flexibility index (Phi) is 4.88. The zero-order valence-corrected chi connectivity index (χ0v) is 17.9. The summed E-state index contributed by atoms with van der Waals surface area (Å²) in [6.45, 7) is 4.68. The molecule has 4 aromatic rings. The summed E-state index contributed by atoms with van der Waals surface area (Å²) in [7, 11) is 0. The highest BCUT2D eigenvalue weighted by Gasteiger charge is 2.26. The molecule has 1 amide bonds. The van der Waals surface area contributed by atoms with E-state index in [0.717, 1.165) is 39.9 Å². The SMILES string of the molecule is Cc1c(C(=O)N2CCN(c3nc4cccnc4s3)CC2)cnn1-c1cccc(Cl)c1. The number of pyridine rings is 1. The van der Waals surface area contributed by atoms with E-state index >= 15 is 0 Å². The van der Waals surface area contributed by atoms with Crippen LogP contribution in [0.15, 0.2) is 48.8 Å². The number of hydrogen-bond acceptors (Lipinski definition) is 6. The fraction of sp³-hybridized carbons (Fsp3) is 0.238. The normalized spacial score (nSPS) is 14.5.